The first-order chi connectivity index (χ1) is 7.29. The number of aromatic nitrogens is 1. The Balaban J connectivity index is 3.56. The van der Waals surface area contributed by atoms with Crippen LogP contribution in [0.25, 0.3) is 0 Å². The molecule has 0 atom stereocenters. The number of rotatable bonds is 1. The zero-order valence-electron chi connectivity index (χ0n) is 7.40. The summed E-state index contributed by atoms with van der Waals surface area (Å²) in [5.41, 5.74) is -5.75. The van der Waals surface area contributed by atoms with E-state index in [1.807, 2.05) is 0 Å². The molecule has 1 aromatic heterocycles. The van der Waals surface area contributed by atoms with E-state index in [-0.39, 0.29) is 6.20 Å². The molecule has 3 nitrogen and oxygen atoms in total. The highest BCUT2D eigenvalue weighted by atomic mass is 19.4. The second-order valence-electron chi connectivity index (χ2n) is 2.73. The van der Waals surface area contributed by atoms with Gasteiger partial charge in [-0.25, -0.2) is 8.78 Å². The molecule has 1 heterocycles. The first kappa shape index (κ1) is 12.2. The van der Waals surface area contributed by atoms with Crippen molar-refractivity contribution in [1.82, 2.24) is 4.98 Å². The van der Waals surface area contributed by atoms with Crippen molar-refractivity contribution in [2.45, 2.75) is 12.6 Å². The van der Waals surface area contributed by atoms with Crippen LogP contribution in [0, 0.1) is 11.3 Å². The van der Waals surface area contributed by atoms with Gasteiger partial charge in [0.2, 0.25) is 5.43 Å². The molecule has 0 saturated carbocycles. The number of nitriles is 1. The number of aromatic amines is 1. The van der Waals surface area contributed by atoms with Crippen LogP contribution in [0.15, 0.2) is 11.0 Å². The number of alkyl halides is 5. The molecule has 0 aromatic carbocycles. The highest BCUT2D eigenvalue weighted by molar-refractivity contribution is 5.37. The van der Waals surface area contributed by atoms with Gasteiger partial charge in [-0.05, 0) is 0 Å². The summed E-state index contributed by atoms with van der Waals surface area (Å²) < 4.78 is 61.0. The summed E-state index contributed by atoms with van der Waals surface area (Å²) >= 11 is 0. The Morgan fingerprint density at radius 3 is 2.31 bits per heavy atom. The lowest BCUT2D eigenvalue weighted by Crippen LogP contribution is -2.23. The molecule has 0 aliphatic heterocycles. The normalized spacial score (nSPS) is 11.6. The van der Waals surface area contributed by atoms with Gasteiger partial charge in [0.05, 0.1) is 0 Å². The van der Waals surface area contributed by atoms with E-state index in [4.69, 9.17) is 5.26 Å². The maximum absolute atomic E-state index is 12.2. The minimum Gasteiger partial charge on any atom is -0.358 e. The lowest BCUT2D eigenvalue weighted by molar-refractivity contribution is -0.138. The molecule has 0 aliphatic rings. The zero-order valence-corrected chi connectivity index (χ0v) is 7.40. The summed E-state index contributed by atoms with van der Waals surface area (Å²) in [5, 5.41) is 8.37. The van der Waals surface area contributed by atoms with Crippen LogP contribution in [0.1, 0.15) is 23.2 Å². The summed E-state index contributed by atoms with van der Waals surface area (Å²) in [6.07, 6.45) is -8.07. The van der Waals surface area contributed by atoms with Gasteiger partial charge in [0.15, 0.2) is 0 Å². The molecular weight excluding hydrogens is 235 g/mol. The lowest BCUT2D eigenvalue weighted by Gasteiger charge is -2.08. The van der Waals surface area contributed by atoms with E-state index in [0.29, 0.717) is 0 Å². The minimum absolute atomic E-state index is 0.130. The van der Waals surface area contributed by atoms with Crippen molar-refractivity contribution in [1.29, 1.82) is 5.26 Å². The van der Waals surface area contributed by atoms with Crippen molar-refractivity contribution in [3.63, 3.8) is 0 Å². The molecule has 0 amide bonds. The highest BCUT2D eigenvalue weighted by Gasteiger charge is 2.36. The van der Waals surface area contributed by atoms with Crippen molar-refractivity contribution < 1.29 is 22.0 Å². The standard InChI is InChI=1S/C8H3F5N2O/c9-7(10)5-3(1-14)6(16)4(2-15-5)8(11,12)13/h2,7H,(H,15,16). The first-order valence-electron chi connectivity index (χ1n) is 3.80. The van der Waals surface area contributed by atoms with Gasteiger partial charge >= 0.3 is 6.18 Å². The number of nitrogens with one attached hydrogen (secondary N) is 1. The Labute approximate surface area is 85.1 Å². The molecule has 0 saturated heterocycles. The van der Waals surface area contributed by atoms with Gasteiger partial charge in [-0.1, -0.05) is 0 Å². The van der Waals surface area contributed by atoms with Gasteiger partial charge in [-0.15, -0.1) is 0 Å². The van der Waals surface area contributed by atoms with Gasteiger partial charge in [0, 0.05) is 6.20 Å². The predicted molar refractivity (Wildman–Crippen MR) is 41.7 cm³/mol. The molecule has 0 bridgehead atoms. The van der Waals surface area contributed by atoms with E-state index in [1.165, 1.54) is 0 Å². The van der Waals surface area contributed by atoms with Gasteiger partial charge in [0.1, 0.15) is 22.9 Å². The molecule has 1 aromatic rings. The molecular formula is C8H3F5N2O. The van der Waals surface area contributed by atoms with Crippen LogP contribution in [-0.2, 0) is 6.18 Å². The van der Waals surface area contributed by atoms with Gasteiger partial charge < -0.3 is 4.98 Å². The average molecular weight is 238 g/mol. The van der Waals surface area contributed by atoms with Crippen LogP contribution < -0.4 is 5.43 Å². The maximum Gasteiger partial charge on any atom is 0.421 e. The quantitative estimate of drug-likeness (QED) is 0.762. The molecule has 0 aliphatic carbocycles. The SMILES string of the molecule is N#Cc1c(C(F)F)[nH]cc(C(F)(F)F)c1=O. The molecule has 86 valence electrons. The highest BCUT2D eigenvalue weighted by Crippen LogP contribution is 2.28. The third kappa shape index (κ3) is 2.03. The fourth-order valence-corrected chi connectivity index (χ4v) is 1.04. The largest absolute Gasteiger partial charge is 0.421 e. The van der Waals surface area contributed by atoms with Crippen LogP contribution >= 0.6 is 0 Å². The number of hydrogen-bond acceptors (Lipinski definition) is 2. The molecule has 0 unspecified atom stereocenters. The number of pyridine rings is 1. The lowest BCUT2D eigenvalue weighted by atomic mass is 10.1. The van der Waals surface area contributed by atoms with Crippen molar-refractivity contribution in [2.24, 2.45) is 0 Å². The molecule has 0 radical (unpaired) electrons. The molecule has 16 heavy (non-hydrogen) atoms. The van der Waals surface area contributed by atoms with Gasteiger partial charge in [-0.3, -0.25) is 4.79 Å². The summed E-state index contributed by atoms with van der Waals surface area (Å²) in [7, 11) is 0. The smallest absolute Gasteiger partial charge is 0.358 e. The number of halogens is 5. The van der Waals surface area contributed by atoms with Crippen LogP contribution in [0.2, 0.25) is 0 Å². The number of hydrogen-bond donors (Lipinski definition) is 1. The third-order valence-electron chi connectivity index (χ3n) is 1.75. The Morgan fingerprint density at radius 1 is 1.38 bits per heavy atom. The second-order valence-corrected chi connectivity index (χ2v) is 2.73. The van der Waals surface area contributed by atoms with Crippen LogP contribution in [0.4, 0.5) is 22.0 Å². The Bertz CT molecular complexity index is 497. The molecule has 1 rings (SSSR count). The Kier molecular flexibility index (Phi) is 2.98. The van der Waals surface area contributed by atoms with Crippen LogP contribution in [-0.4, -0.2) is 4.98 Å². The molecule has 0 spiro atoms. The maximum atomic E-state index is 12.2. The van der Waals surface area contributed by atoms with E-state index in [2.05, 4.69) is 0 Å². The van der Waals surface area contributed by atoms with E-state index in [0.717, 1.165) is 6.07 Å². The summed E-state index contributed by atoms with van der Waals surface area (Å²) in [6.45, 7) is 0. The monoisotopic (exact) mass is 238 g/mol. The van der Waals surface area contributed by atoms with Crippen LogP contribution in [0.5, 0.6) is 0 Å². The topological polar surface area (TPSA) is 56.6 Å². The van der Waals surface area contributed by atoms with Gasteiger partial charge in [0.25, 0.3) is 6.43 Å². The first-order valence-corrected chi connectivity index (χ1v) is 3.80. The van der Waals surface area contributed by atoms with E-state index < -0.39 is 34.9 Å². The van der Waals surface area contributed by atoms with Crippen molar-refractivity contribution in [3.05, 3.63) is 33.2 Å². The van der Waals surface area contributed by atoms with Crippen molar-refractivity contribution >= 4 is 0 Å². The van der Waals surface area contributed by atoms with E-state index in [1.54, 1.807) is 4.98 Å². The second kappa shape index (κ2) is 3.92. The van der Waals surface area contributed by atoms with E-state index >= 15 is 0 Å². The van der Waals surface area contributed by atoms with Gasteiger partial charge in [-0.2, -0.15) is 18.4 Å². The fraction of sp³-hybridized carbons (Fsp3) is 0.250. The number of nitrogens with zero attached hydrogens (tertiary/aromatic N) is 1. The van der Waals surface area contributed by atoms with Crippen molar-refractivity contribution in [2.75, 3.05) is 0 Å². The third-order valence-corrected chi connectivity index (χ3v) is 1.75. The molecule has 1 N–H and O–H groups in total. The van der Waals surface area contributed by atoms with Crippen LogP contribution in [0.3, 0.4) is 0 Å². The minimum atomic E-state index is -4.99. The fourth-order valence-electron chi connectivity index (χ4n) is 1.04. The molecule has 0 fully saturated rings. The predicted octanol–water partition coefficient (Wildman–Crippen LogP) is 2.20. The van der Waals surface area contributed by atoms with E-state index in [9.17, 15) is 26.7 Å². The zero-order chi connectivity index (χ0) is 12.5. The van der Waals surface area contributed by atoms with Crippen molar-refractivity contribution in [3.8, 4) is 6.07 Å². The summed E-state index contributed by atoms with van der Waals surface area (Å²) in [4.78, 5) is 12.7. The summed E-state index contributed by atoms with van der Waals surface area (Å²) in [5.74, 6) is 0. The Hall–Kier alpha value is -1.91. The molecule has 8 heteroatoms. The number of H-pyrrole nitrogens is 1. The summed E-state index contributed by atoms with van der Waals surface area (Å²) in [6, 6.07) is 1.03. The average Bonchev–Trinajstić information content (AvgIpc) is 2.14. The Morgan fingerprint density at radius 2 is 1.94 bits per heavy atom.